The Kier molecular flexibility index (Phi) is 9.90. The molecule has 0 aliphatic heterocycles. The lowest BCUT2D eigenvalue weighted by molar-refractivity contribution is 0.312. The third kappa shape index (κ3) is 9.04. The van der Waals surface area contributed by atoms with Crippen LogP contribution in [-0.2, 0) is 9.09 Å². The number of unbranched alkanes of at least 4 members (excludes halogenated alkanes) is 5. The van der Waals surface area contributed by atoms with Crippen LogP contribution in [0, 0.1) is 0 Å². The lowest BCUT2D eigenvalue weighted by Crippen LogP contribution is -1.91. The predicted octanol–water partition coefficient (Wildman–Crippen LogP) is 7.98. The second-order valence-electron chi connectivity index (χ2n) is 6.70. The zero-order valence-electron chi connectivity index (χ0n) is 16.3. The quantitative estimate of drug-likeness (QED) is 0.275. The summed E-state index contributed by atoms with van der Waals surface area (Å²) in [6.07, 6.45) is 10.9. The first-order chi connectivity index (χ1) is 13.2. The van der Waals surface area contributed by atoms with Gasteiger partial charge in [-0.3, -0.25) is 4.57 Å². The monoisotopic (exact) mass is 382 g/mol. The summed E-state index contributed by atoms with van der Waals surface area (Å²) in [5, 5.41) is 0. The summed E-state index contributed by atoms with van der Waals surface area (Å²) in [5.74, 6) is 3.44. The van der Waals surface area contributed by atoms with E-state index in [0.29, 0.717) is 6.61 Å². The van der Waals surface area contributed by atoms with E-state index >= 15 is 0 Å². The van der Waals surface area contributed by atoms with Crippen molar-refractivity contribution in [2.45, 2.75) is 45.4 Å². The smallest absolute Gasteiger partial charge is 0.247 e. The second-order valence-corrected chi connectivity index (χ2v) is 8.84. The van der Waals surface area contributed by atoms with Gasteiger partial charge in [0, 0.05) is 11.6 Å². The summed E-state index contributed by atoms with van der Waals surface area (Å²) in [7, 11) is -2.97. The van der Waals surface area contributed by atoms with E-state index in [-0.39, 0.29) is 0 Å². The molecule has 0 saturated carbocycles. The van der Waals surface area contributed by atoms with Crippen LogP contribution in [0.4, 0.5) is 0 Å². The van der Waals surface area contributed by atoms with Crippen LogP contribution in [-0.4, -0.2) is 6.61 Å². The van der Waals surface area contributed by atoms with Gasteiger partial charge in [-0.05, 0) is 29.7 Å². The van der Waals surface area contributed by atoms with E-state index in [1.807, 2.05) is 72.8 Å². The van der Waals surface area contributed by atoms with Gasteiger partial charge in [-0.25, -0.2) is 0 Å². The zero-order valence-corrected chi connectivity index (χ0v) is 17.2. The predicted molar refractivity (Wildman–Crippen MR) is 118 cm³/mol. The molecule has 0 unspecified atom stereocenters. The molecule has 144 valence electrons. The number of rotatable bonds is 12. The minimum Gasteiger partial charge on any atom is -0.323 e. The van der Waals surface area contributed by atoms with Crippen LogP contribution in [0.15, 0.2) is 72.3 Å². The molecule has 0 N–H and O–H groups in total. The highest BCUT2D eigenvalue weighted by atomic mass is 31.2. The molecule has 3 heteroatoms. The van der Waals surface area contributed by atoms with Gasteiger partial charge in [0.05, 0.1) is 6.61 Å². The zero-order chi connectivity index (χ0) is 19.2. The Morgan fingerprint density at radius 1 is 0.741 bits per heavy atom. The van der Waals surface area contributed by atoms with Crippen molar-refractivity contribution in [2.75, 3.05) is 6.61 Å². The van der Waals surface area contributed by atoms with Gasteiger partial charge in [-0.2, -0.15) is 0 Å². The molecule has 0 heterocycles. The maximum absolute atomic E-state index is 13.3. The van der Waals surface area contributed by atoms with Gasteiger partial charge in [-0.1, -0.05) is 99.7 Å². The molecule has 0 saturated heterocycles. The van der Waals surface area contributed by atoms with Gasteiger partial charge in [0.15, 0.2) is 0 Å². The third-order valence-corrected chi connectivity index (χ3v) is 6.06. The summed E-state index contributed by atoms with van der Waals surface area (Å²) >= 11 is 0. The Bertz CT molecular complexity index is 682. The summed E-state index contributed by atoms with van der Waals surface area (Å²) in [6.45, 7) is 2.75. The van der Waals surface area contributed by atoms with Crippen molar-refractivity contribution in [1.29, 1.82) is 0 Å². The minimum atomic E-state index is -2.97. The number of hydrogen-bond acceptors (Lipinski definition) is 2. The standard InChI is InChI=1S/C24H31O2P/c1-2-3-4-5-6-13-20-26-27(25,21-18-23-14-9-7-10-15-23)22-19-24-16-11-8-12-17-24/h7-12,14-19,21-22H,2-6,13,20H2,1H3. The molecule has 2 aromatic carbocycles. The van der Waals surface area contributed by atoms with E-state index in [1.54, 1.807) is 11.6 Å². The van der Waals surface area contributed by atoms with Crippen LogP contribution < -0.4 is 0 Å². The maximum Gasteiger partial charge on any atom is 0.247 e. The molecule has 0 spiro atoms. The molecule has 0 aromatic heterocycles. The molecule has 2 rings (SSSR count). The largest absolute Gasteiger partial charge is 0.323 e. The molecule has 0 fully saturated rings. The molecule has 0 amide bonds. The minimum absolute atomic E-state index is 0.529. The fourth-order valence-electron chi connectivity index (χ4n) is 2.73. The lowest BCUT2D eigenvalue weighted by atomic mass is 10.1. The molecular formula is C24H31O2P. The third-order valence-electron chi connectivity index (χ3n) is 4.34. The first kappa shape index (κ1) is 21.4. The van der Waals surface area contributed by atoms with Crippen LogP contribution >= 0.6 is 7.37 Å². The van der Waals surface area contributed by atoms with Gasteiger partial charge in [0.2, 0.25) is 7.37 Å². The molecular weight excluding hydrogens is 351 g/mol. The van der Waals surface area contributed by atoms with E-state index in [0.717, 1.165) is 24.0 Å². The van der Waals surface area contributed by atoms with Crippen LogP contribution in [0.25, 0.3) is 12.2 Å². The average Bonchev–Trinajstić information content (AvgIpc) is 2.72. The van der Waals surface area contributed by atoms with Gasteiger partial charge in [0.1, 0.15) is 0 Å². The van der Waals surface area contributed by atoms with Crippen molar-refractivity contribution in [1.82, 2.24) is 0 Å². The Morgan fingerprint density at radius 2 is 1.22 bits per heavy atom. The Labute approximate surface area is 164 Å². The summed E-state index contributed by atoms with van der Waals surface area (Å²) < 4.78 is 19.2. The van der Waals surface area contributed by atoms with Crippen molar-refractivity contribution in [3.05, 3.63) is 83.4 Å². The molecule has 0 aliphatic rings. The van der Waals surface area contributed by atoms with Crippen molar-refractivity contribution >= 4 is 19.5 Å². The first-order valence-corrected chi connectivity index (χ1v) is 11.7. The Morgan fingerprint density at radius 3 is 1.74 bits per heavy atom. The topological polar surface area (TPSA) is 26.3 Å². The van der Waals surface area contributed by atoms with E-state index in [1.165, 1.54) is 25.7 Å². The molecule has 0 bridgehead atoms. The maximum atomic E-state index is 13.3. The first-order valence-electron chi connectivity index (χ1n) is 9.94. The molecule has 2 aromatic rings. The molecule has 0 radical (unpaired) electrons. The van der Waals surface area contributed by atoms with Crippen molar-refractivity contribution in [3.63, 3.8) is 0 Å². The molecule has 0 aliphatic carbocycles. The van der Waals surface area contributed by atoms with Crippen LogP contribution in [0.1, 0.15) is 56.6 Å². The normalized spacial score (nSPS) is 14.0. The van der Waals surface area contributed by atoms with Crippen LogP contribution in [0.5, 0.6) is 0 Å². The van der Waals surface area contributed by atoms with E-state index in [4.69, 9.17) is 4.52 Å². The Hall–Kier alpha value is -1.89. The molecule has 0 atom stereocenters. The average molecular weight is 382 g/mol. The fourth-order valence-corrected chi connectivity index (χ4v) is 4.18. The fraction of sp³-hybridized carbons (Fsp3) is 0.333. The lowest BCUT2D eigenvalue weighted by Gasteiger charge is -2.11. The van der Waals surface area contributed by atoms with Gasteiger partial charge in [0.25, 0.3) is 0 Å². The van der Waals surface area contributed by atoms with E-state index in [9.17, 15) is 4.57 Å². The highest BCUT2D eigenvalue weighted by Crippen LogP contribution is 2.51. The molecule has 27 heavy (non-hydrogen) atoms. The van der Waals surface area contributed by atoms with E-state index < -0.39 is 7.37 Å². The highest BCUT2D eigenvalue weighted by Gasteiger charge is 2.15. The SMILES string of the molecule is CCCCCCCCOP(=O)(C=Cc1ccccc1)C=Cc1ccccc1. The van der Waals surface area contributed by atoms with Gasteiger partial charge in [-0.15, -0.1) is 0 Å². The van der Waals surface area contributed by atoms with Crippen molar-refractivity contribution in [3.8, 4) is 0 Å². The molecule has 2 nitrogen and oxygen atoms in total. The van der Waals surface area contributed by atoms with Gasteiger partial charge < -0.3 is 4.52 Å². The van der Waals surface area contributed by atoms with Gasteiger partial charge >= 0.3 is 0 Å². The summed E-state index contributed by atoms with van der Waals surface area (Å²) in [6, 6.07) is 19.8. The van der Waals surface area contributed by atoms with E-state index in [2.05, 4.69) is 6.92 Å². The summed E-state index contributed by atoms with van der Waals surface area (Å²) in [4.78, 5) is 0. The number of hydrogen-bond donors (Lipinski definition) is 0. The second kappa shape index (κ2) is 12.5. The number of benzene rings is 2. The Balaban J connectivity index is 1.98. The van der Waals surface area contributed by atoms with Crippen LogP contribution in [0.2, 0.25) is 0 Å². The van der Waals surface area contributed by atoms with Crippen molar-refractivity contribution in [2.24, 2.45) is 0 Å². The van der Waals surface area contributed by atoms with Crippen molar-refractivity contribution < 1.29 is 9.09 Å². The highest BCUT2D eigenvalue weighted by molar-refractivity contribution is 7.65. The summed E-state index contributed by atoms with van der Waals surface area (Å²) in [5.41, 5.74) is 2.04. The van der Waals surface area contributed by atoms with Crippen LogP contribution in [0.3, 0.4) is 0 Å².